The molecule has 164 valence electrons. The molecule has 2 aromatic heterocycles. The quantitative estimate of drug-likeness (QED) is 0.578. The third-order valence-electron chi connectivity index (χ3n) is 5.76. The Hall–Kier alpha value is -3.64. The Kier molecular flexibility index (Phi) is 6.52. The lowest BCUT2D eigenvalue weighted by molar-refractivity contribution is 0.585. The molecule has 0 unspecified atom stereocenters. The highest BCUT2D eigenvalue weighted by Crippen LogP contribution is 2.26. The zero-order chi connectivity index (χ0) is 22.5. The van der Waals surface area contributed by atoms with Crippen molar-refractivity contribution in [1.82, 2.24) is 20.2 Å². The number of hydrogen-bond donors (Lipinski definition) is 2. The van der Waals surface area contributed by atoms with Crippen LogP contribution in [0.2, 0.25) is 0 Å². The highest BCUT2D eigenvalue weighted by Gasteiger charge is 2.13. The average molecular weight is 427 g/mol. The molecule has 0 saturated carbocycles. The summed E-state index contributed by atoms with van der Waals surface area (Å²) in [4.78, 5) is 13.4. The zero-order valence-electron chi connectivity index (χ0n) is 18.8. The van der Waals surface area contributed by atoms with Crippen molar-refractivity contribution < 1.29 is 0 Å². The number of allylic oxidation sites excluding steroid dienone is 1. The Labute approximate surface area is 190 Å². The Bertz CT molecular complexity index is 1160. The summed E-state index contributed by atoms with van der Waals surface area (Å²) in [6.45, 7) is 14.0. The first-order chi connectivity index (χ1) is 15.6. The number of rotatable bonds is 7. The molecule has 3 heterocycles. The van der Waals surface area contributed by atoms with Crippen LogP contribution in [0.4, 0.5) is 11.6 Å². The Balaban J connectivity index is 1.56. The van der Waals surface area contributed by atoms with E-state index in [9.17, 15) is 0 Å². The third kappa shape index (κ3) is 4.65. The fraction of sp³-hybridized carbons (Fsp3) is 0.231. The molecule has 4 rings (SSSR count). The number of piperazine rings is 1. The van der Waals surface area contributed by atoms with E-state index >= 15 is 0 Å². The van der Waals surface area contributed by atoms with Gasteiger partial charge in [-0.25, -0.2) is 9.97 Å². The first-order valence-electron chi connectivity index (χ1n) is 10.9. The summed E-state index contributed by atoms with van der Waals surface area (Å²) in [5, 5.41) is 8.95. The molecule has 3 aromatic rings. The molecule has 1 aromatic carbocycles. The van der Waals surface area contributed by atoms with E-state index in [1.165, 1.54) is 0 Å². The Morgan fingerprint density at radius 1 is 1.09 bits per heavy atom. The maximum absolute atomic E-state index is 4.58. The molecular formula is C26H30N6. The van der Waals surface area contributed by atoms with E-state index < -0.39 is 0 Å². The monoisotopic (exact) mass is 426 g/mol. The number of pyridine rings is 2. The van der Waals surface area contributed by atoms with Crippen LogP contribution >= 0.6 is 0 Å². The summed E-state index contributed by atoms with van der Waals surface area (Å²) < 4.78 is 0. The van der Waals surface area contributed by atoms with E-state index in [1.54, 1.807) is 0 Å². The molecule has 6 heteroatoms. The van der Waals surface area contributed by atoms with Crippen molar-refractivity contribution in [3.63, 3.8) is 0 Å². The number of hydrogen-bond acceptors (Lipinski definition) is 6. The van der Waals surface area contributed by atoms with E-state index in [1.807, 2.05) is 43.5 Å². The van der Waals surface area contributed by atoms with Crippen LogP contribution in [0, 0.1) is 0 Å². The smallest absolute Gasteiger partial charge is 0.130 e. The minimum absolute atomic E-state index is 0.763. The van der Waals surface area contributed by atoms with Crippen molar-refractivity contribution in [3.05, 3.63) is 85.4 Å². The maximum atomic E-state index is 4.58. The summed E-state index contributed by atoms with van der Waals surface area (Å²) >= 11 is 0. The molecule has 1 saturated heterocycles. The van der Waals surface area contributed by atoms with Crippen molar-refractivity contribution in [2.75, 3.05) is 43.4 Å². The van der Waals surface area contributed by atoms with Crippen molar-refractivity contribution in [1.29, 1.82) is 0 Å². The lowest BCUT2D eigenvalue weighted by Gasteiger charge is -2.28. The lowest BCUT2D eigenvalue weighted by atomic mass is 10.1. The minimum atomic E-state index is 0.763. The highest BCUT2D eigenvalue weighted by atomic mass is 15.2. The minimum Gasteiger partial charge on any atom is -0.354 e. The normalized spacial score (nSPS) is 14.3. The number of nitrogens with zero attached hydrogens (tertiary/aromatic N) is 4. The first-order valence-corrected chi connectivity index (χ1v) is 10.9. The van der Waals surface area contributed by atoms with Crippen LogP contribution in [-0.4, -0.2) is 48.1 Å². The van der Waals surface area contributed by atoms with Crippen LogP contribution in [0.5, 0.6) is 0 Å². The van der Waals surface area contributed by atoms with Crippen molar-refractivity contribution >= 4 is 33.8 Å². The van der Waals surface area contributed by atoms with Gasteiger partial charge in [0.05, 0.1) is 0 Å². The molecule has 32 heavy (non-hydrogen) atoms. The molecule has 0 bridgehead atoms. The maximum Gasteiger partial charge on any atom is 0.130 e. The van der Waals surface area contributed by atoms with Gasteiger partial charge in [0.15, 0.2) is 0 Å². The van der Waals surface area contributed by atoms with Crippen molar-refractivity contribution in [2.24, 2.45) is 0 Å². The van der Waals surface area contributed by atoms with Crippen LogP contribution in [-0.2, 0) is 0 Å². The first kappa shape index (κ1) is 21.6. The van der Waals surface area contributed by atoms with Crippen LogP contribution in [0.3, 0.4) is 0 Å². The van der Waals surface area contributed by atoms with Crippen molar-refractivity contribution in [2.45, 2.75) is 6.92 Å². The van der Waals surface area contributed by atoms with Gasteiger partial charge in [0.25, 0.3) is 0 Å². The van der Waals surface area contributed by atoms with Crippen LogP contribution in [0.15, 0.2) is 74.2 Å². The zero-order valence-corrected chi connectivity index (χ0v) is 18.8. The highest BCUT2D eigenvalue weighted by molar-refractivity contribution is 5.88. The molecule has 0 radical (unpaired) electrons. The lowest BCUT2D eigenvalue weighted by Crippen LogP contribution is -2.43. The van der Waals surface area contributed by atoms with E-state index in [0.717, 1.165) is 71.1 Å². The number of aromatic nitrogens is 2. The molecule has 0 aliphatic carbocycles. The van der Waals surface area contributed by atoms with Gasteiger partial charge >= 0.3 is 0 Å². The fourth-order valence-electron chi connectivity index (χ4n) is 3.94. The molecule has 1 aliphatic rings. The predicted octanol–water partition coefficient (Wildman–Crippen LogP) is 4.56. The fourth-order valence-corrected chi connectivity index (χ4v) is 3.94. The second-order valence-corrected chi connectivity index (χ2v) is 7.84. The topological polar surface area (TPSA) is 56.3 Å². The SMILES string of the molecule is C=CN(C)/C(=C\C)c1ccc2cnc(NC(=C)c3ccnc(N4CCNCC4)c3)cc2c1. The van der Waals surface area contributed by atoms with Gasteiger partial charge in [0, 0.05) is 68.0 Å². The van der Waals surface area contributed by atoms with Crippen molar-refractivity contribution in [3.8, 4) is 0 Å². The Morgan fingerprint density at radius 2 is 1.91 bits per heavy atom. The molecule has 6 nitrogen and oxygen atoms in total. The summed E-state index contributed by atoms with van der Waals surface area (Å²) in [6.07, 6.45) is 7.63. The van der Waals surface area contributed by atoms with E-state index in [0.29, 0.717) is 0 Å². The number of anilines is 2. The van der Waals surface area contributed by atoms with Gasteiger partial charge in [-0.05, 0) is 48.3 Å². The largest absolute Gasteiger partial charge is 0.354 e. The van der Waals surface area contributed by atoms with E-state index in [2.05, 4.69) is 75.1 Å². The third-order valence-corrected chi connectivity index (χ3v) is 5.76. The van der Waals surface area contributed by atoms with Gasteiger partial charge in [-0.15, -0.1) is 0 Å². The standard InChI is InChI=1S/C26H30N6/c1-5-24(31(4)6-2)21-7-8-22-18-29-25(16-23(22)15-21)30-19(3)20-9-10-28-26(17-20)32-13-11-27-12-14-32/h5-10,15-18,27H,2-3,11-14H2,1,4H3,(H,29,30)/b24-5-. The number of fused-ring (bicyclic) bond motifs is 1. The Morgan fingerprint density at radius 3 is 2.66 bits per heavy atom. The van der Waals surface area contributed by atoms with Gasteiger partial charge in [-0.3, -0.25) is 0 Å². The van der Waals surface area contributed by atoms with Crippen LogP contribution in [0.25, 0.3) is 22.2 Å². The van der Waals surface area contributed by atoms with E-state index in [4.69, 9.17) is 0 Å². The van der Waals surface area contributed by atoms with Gasteiger partial charge in [-0.2, -0.15) is 0 Å². The second kappa shape index (κ2) is 9.66. The van der Waals surface area contributed by atoms with Gasteiger partial charge in [0.1, 0.15) is 11.6 Å². The van der Waals surface area contributed by atoms with Crippen LogP contribution < -0.4 is 15.5 Å². The average Bonchev–Trinajstić information content (AvgIpc) is 2.84. The van der Waals surface area contributed by atoms with Gasteiger partial charge in [-0.1, -0.05) is 31.4 Å². The second-order valence-electron chi connectivity index (χ2n) is 7.84. The summed E-state index contributed by atoms with van der Waals surface area (Å²) in [7, 11) is 2.00. The number of nitrogens with one attached hydrogen (secondary N) is 2. The van der Waals surface area contributed by atoms with Gasteiger partial charge < -0.3 is 20.4 Å². The van der Waals surface area contributed by atoms with E-state index in [-0.39, 0.29) is 0 Å². The summed E-state index contributed by atoms with van der Waals surface area (Å²) in [5.41, 5.74) is 4.04. The van der Waals surface area contributed by atoms with Gasteiger partial charge in [0.2, 0.25) is 0 Å². The molecule has 1 aliphatic heterocycles. The molecular weight excluding hydrogens is 396 g/mol. The molecule has 0 amide bonds. The predicted molar refractivity (Wildman–Crippen MR) is 135 cm³/mol. The molecule has 0 spiro atoms. The van der Waals surface area contributed by atoms with Crippen LogP contribution in [0.1, 0.15) is 18.1 Å². The number of benzene rings is 1. The molecule has 0 atom stereocenters. The summed E-state index contributed by atoms with van der Waals surface area (Å²) in [5.74, 6) is 1.74. The molecule has 2 N–H and O–H groups in total. The summed E-state index contributed by atoms with van der Waals surface area (Å²) in [6, 6.07) is 12.5. The molecule has 1 fully saturated rings.